The molecule has 2 unspecified atom stereocenters. The van der Waals surface area contributed by atoms with Gasteiger partial charge in [0.1, 0.15) is 17.3 Å². The Kier molecular flexibility index (Phi) is 5.68. The van der Waals surface area contributed by atoms with E-state index in [1.54, 1.807) is 24.3 Å². The predicted molar refractivity (Wildman–Crippen MR) is 226 cm³/mol. The molecule has 13 rings (SSSR count). The fourth-order valence-electron chi connectivity index (χ4n) is 10.4. The van der Waals surface area contributed by atoms with E-state index in [-0.39, 0.29) is 34.2 Å². The predicted octanol–water partition coefficient (Wildman–Crippen LogP) is 8.75. The Hall–Kier alpha value is -7.84. The van der Waals surface area contributed by atoms with E-state index in [0.29, 0.717) is 22.2 Å². The number of Topliss-reactive ketones (excluding diaryl/α,β-unsaturated/α-hetero) is 1. The van der Waals surface area contributed by atoms with Crippen molar-refractivity contribution in [2.75, 3.05) is 16.0 Å². The zero-order valence-corrected chi connectivity index (χ0v) is 30.6. The minimum absolute atomic E-state index is 0.0892. The van der Waals surface area contributed by atoms with Crippen molar-refractivity contribution >= 4 is 55.5 Å². The lowest BCUT2D eigenvalue weighted by Gasteiger charge is -2.41. The summed E-state index contributed by atoms with van der Waals surface area (Å²) in [5.41, 5.74) is 8.80. The van der Waals surface area contributed by atoms with E-state index in [4.69, 9.17) is 4.99 Å². The molecule has 0 saturated carbocycles. The van der Waals surface area contributed by atoms with Crippen LogP contribution in [0.15, 0.2) is 156 Å². The van der Waals surface area contributed by atoms with Crippen LogP contribution in [0.2, 0.25) is 0 Å². The lowest BCUT2D eigenvalue weighted by atomic mass is 9.79. The number of aromatic hydroxyl groups is 2. The first kappa shape index (κ1) is 31.4. The molecule has 0 amide bonds. The van der Waals surface area contributed by atoms with Gasteiger partial charge in [0.25, 0.3) is 0 Å². The Balaban J connectivity index is 1.04. The number of phenolic OH excluding ortho intramolecular Hbond substituents is 2. The standard InChI is InChI=1S/C50H30N4O4/c55-27-17-21-31-29-9-1-3-11-35(29)49(37(31)23-27)51-39-13-5-7-25-15-19-33(45(53-49)41(25)39)43-47(57)44(48(43)58)34-20-16-26-8-6-14-40-42(26)46(34)54-50(52-40)36-12-4-2-10-30(36)32-22-18-28(56)24-38(32)50/h1-24,51,53-57H/b44-34+. The summed E-state index contributed by atoms with van der Waals surface area (Å²) in [6.45, 7) is 0. The normalized spacial score (nSPS) is 20.8. The number of aliphatic hydroxyl groups excluding tert-OH is 1. The first-order chi connectivity index (χ1) is 28.3. The molecule has 2 atom stereocenters. The van der Waals surface area contributed by atoms with Crippen LogP contribution in [0.25, 0.3) is 54.9 Å². The minimum atomic E-state index is -1.09. The number of aliphatic hydroxyl groups is 1. The number of rotatable bonds is 1. The minimum Gasteiger partial charge on any atom is -0.508 e. The number of anilines is 3. The van der Waals surface area contributed by atoms with E-state index < -0.39 is 11.3 Å². The van der Waals surface area contributed by atoms with Crippen molar-refractivity contribution in [2.24, 2.45) is 4.99 Å². The van der Waals surface area contributed by atoms with Crippen molar-refractivity contribution in [2.45, 2.75) is 11.3 Å². The lowest BCUT2D eigenvalue weighted by Crippen LogP contribution is -2.45. The highest BCUT2D eigenvalue weighted by Gasteiger charge is 2.49. The van der Waals surface area contributed by atoms with Crippen molar-refractivity contribution < 1.29 is 20.1 Å². The summed E-state index contributed by atoms with van der Waals surface area (Å²) in [5, 5.41) is 50.2. The van der Waals surface area contributed by atoms with Crippen molar-refractivity contribution in [3.05, 3.63) is 190 Å². The summed E-state index contributed by atoms with van der Waals surface area (Å²) >= 11 is 0. The van der Waals surface area contributed by atoms with Crippen molar-refractivity contribution in [1.82, 2.24) is 0 Å². The molecule has 8 aromatic carbocycles. The Morgan fingerprint density at radius 2 is 1.12 bits per heavy atom. The number of nitrogens with one attached hydrogen (secondary N) is 3. The summed E-state index contributed by atoms with van der Waals surface area (Å²) in [4.78, 5) is 20.3. The third kappa shape index (κ3) is 3.70. The second-order valence-corrected chi connectivity index (χ2v) is 15.7. The SMILES string of the molecule is O=C1C(c2ccc3cccc4c3c2NC2(N4)c3ccccc3-c3ccc(O)cc32)=C(O)/C1=c1/ccc2cccc3c2c1NC1(N=3)c2ccccc2-c2ccc(O)cc21. The molecule has 6 N–H and O–H groups in total. The van der Waals surface area contributed by atoms with E-state index in [9.17, 15) is 20.1 Å². The maximum absolute atomic E-state index is 14.9. The molecule has 8 nitrogen and oxygen atoms in total. The van der Waals surface area contributed by atoms with Gasteiger partial charge < -0.3 is 31.3 Å². The number of carbonyl (C=O) groups is 1. The van der Waals surface area contributed by atoms with Crippen molar-refractivity contribution in [3.8, 4) is 33.8 Å². The fraction of sp³-hybridized carbons (Fsp3) is 0.0400. The van der Waals surface area contributed by atoms with Crippen LogP contribution in [0.4, 0.5) is 17.1 Å². The average molecular weight is 751 g/mol. The Morgan fingerprint density at radius 1 is 0.483 bits per heavy atom. The molecule has 2 spiro atoms. The quantitative estimate of drug-likeness (QED) is 0.0991. The summed E-state index contributed by atoms with van der Waals surface area (Å²) in [7, 11) is 0. The van der Waals surface area contributed by atoms with Gasteiger partial charge >= 0.3 is 0 Å². The first-order valence-electron chi connectivity index (χ1n) is 19.3. The zero-order valence-electron chi connectivity index (χ0n) is 30.6. The second-order valence-electron chi connectivity index (χ2n) is 15.7. The molecule has 8 aromatic rings. The Morgan fingerprint density at radius 3 is 1.91 bits per heavy atom. The summed E-state index contributed by atoms with van der Waals surface area (Å²) in [5.74, 6) is -0.0918. The molecule has 0 fully saturated rings. The molecular weight excluding hydrogens is 721 g/mol. The van der Waals surface area contributed by atoms with Crippen LogP contribution in [0.1, 0.15) is 27.8 Å². The van der Waals surface area contributed by atoms with Gasteiger partial charge in [-0.2, -0.15) is 0 Å². The first-order valence-corrected chi connectivity index (χ1v) is 19.3. The van der Waals surface area contributed by atoms with Gasteiger partial charge in [-0.25, -0.2) is 4.99 Å². The van der Waals surface area contributed by atoms with Crippen LogP contribution in [-0.2, 0) is 16.1 Å². The van der Waals surface area contributed by atoms with Gasteiger partial charge in [0.05, 0.1) is 27.9 Å². The van der Waals surface area contributed by atoms with E-state index in [1.165, 1.54) is 0 Å². The fourth-order valence-corrected chi connectivity index (χ4v) is 10.4. The largest absolute Gasteiger partial charge is 0.508 e. The Bertz CT molecular complexity index is 3460. The van der Waals surface area contributed by atoms with Gasteiger partial charge in [0, 0.05) is 49.5 Å². The monoisotopic (exact) mass is 750 g/mol. The molecular formula is C50H30N4O4. The van der Waals surface area contributed by atoms with Crippen LogP contribution in [-0.4, -0.2) is 21.1 Å². The number of allylic oxidation sites excluding steroid dienone is 2. The van der Waals surface area contributed by atoms with Gasteiger partial charge in [-0.1, -0.05) is 109 Å². The number of fused-ring (bicyclic) bond motifs is 10. The number of nitrogens with zero attached hydrogens (tertiary/aromatic N) is 1. The zero-order chi connectivity index (χ0) is 38.7. The number of hydrogen-bond acceptors (Lipinski definition) is 8. The molecule has 0 radical (unpaired) electrons. The van der Waals surface area contributed by atoms with Crippen molar-refractivity contribution in [1.29, 1.82) is 0 Å². The van der Waals surface area contributed by atoms with Crippen LogP contribution in [0.3, 0.4) is 0 Å². The molecule has 0 aromatic heterocycles. The Labute approximate surface area is 330 Å². The summed E-state index contributed by atoms with van der Waals surface area (Å²) < 4.78 is 0. The molecule has 2 aliphatic heterocycles. The second kappa shape index (κ2) is 10.5. The number of benzene rings is 8. The van der Waals surface area contributed by atoms with Crippen molar-refractivity contribution in [3.63, 3.8) is 0 Å². The highest BCUT2D eigenvalue weighted by molar-refractivity contribution is 6.52. The third-order valence-corrected chi connectivity index (χ3v) is 12.8. The third-order valence-electron chi connectivity index (χ3n) is 12.8. The number of hydrogen-bond donors (Lipinski definition) is 6. The van der Waals surface area contributed by atoms with Crippen LogP contribution in [0.5, 0.6) is 11.5 Å². The molecule has 8 heteroatoms. The van der Waals surface area contributed by atoms with E-state index >= 15 is 0 Å². The number of phenols is 2. The van der Waals surface area contributed by atoms with Gasteiger partial charge in [-0.3, -0.25) is 4.79 Å². The summed E-state index contributed by atoms with van der Waals surface area (Å²) in [6.07, 6.45) is 0. The highest BCUT2D eigenvalue weighted by Crippen LogP contribution is 2.56. The smallest absolute Gasteiger partial charge is 0.201 e. The van der Waals surface area contributed by atoms with E-state index in [0.717, 1.165) is 77.1 Å². The van der Waals surface area contributed by atoms with Crippen LogP contribution < -0.4 is 26.5 Å². The highest BCUT2D eigenvalue weighted by atomic mass is 16.3. The lowest BCUT2D eigenvalue weighted by molar-refractivity contribution is -0.109. The molecule has 5 aliphatic rings. The molecule has 274 valence electrons. The van der Waals surface area contributed by atoms with Gasteiger partial charge in [0.15, 0.2) is 11.3 Å². The maximum Gasteiger partial charge on any atom is 0.201 e. The van der Waals surface area contributed by atoms with E-state index in [1.807, 2.05) is 103 Å². The number of ketones is 1. The van der Waals surface area contributed by atoms with Crippen LogP contribution >= 0.6 is 0 Å². The van der Waals surface area contributed by atoms with E-state index in [2.05, 4.69) is 34.1 Å². The van der Waals surface area contributed by atoms with Gasteiger partial charge in [-0.05, 0) is 69.4 Å². The topological polar surface area (TPSA) is 126 Å². The molecule has 2 heterocycles. The average Bonchev–Trinajstić information content (AvgIpc) is 3.64. The molecule has 0 saturated heterocycles. The molecule has 58 heavy (non-hydrogen) atoms. The molecule has 0 bridgehead atoms. The number of carbonyl (C=O) groups excluding carboxylic acids is 1. The van der Waals surface area contributed by atoms with Gasteiger partial charge in [-0.15, -0.1) is 0 Å². The maximum atomic E-state index is 14.9. The molecule has 3 aliphatic carbocycles. The van der Waals surface area contributed by atoms with Gasteiger partial charge in [0.2, 0.25) is 5.78 Å². The van der Waals surface area contributed by atoms with Crippen LogP contribution in [0, 0.1) is 0 Å². The summed E-state index contributed by atoms with van der Waals surface area (Å²) in [6, 6.07) is 46.8.